The molecule has 2 aliphatic heterocycles. The molecule has 3 aliphatic rings. The summed E-state index contributed by atoms with van der Waals surface area (Å²) in [7, 11) is 0. The lowest BCUT2D eigenvalue weighted by molar-refractivity contribution is -0.128. The zero-order valence-electron chi connectivity index (χ0n) is 16.2. The summed E-state index contributed by atoms with van der Waals surface area (Å²) < 4.78 is 2.31. The second-order valence-electron chi connectivity index (χ2n) is 8.46. The first-order valence-corrected chi connectivity index (χ1v) is 10.6. The van der Waals surface area contributed by atoms with E-state index < -0.39 is 0 Å². The molecule has 0 N–H and O–H groups in total. The fraction of sp³-hybridized carbons (Fsp3) is 0.850. The van der Waals surface area contributed by atoms with Crippen molar-refractivity contribution in [2.45, 2.75) is 70.8 Å². The van der Waals surface area contributed by atoms with Gasteiger partial charge < -0.3 is 14.4 Å². The Bertz CT molecular complexity index is 614. The molecule has 3 heterocycles. The van der Waals surface area contributed by atoms with Gasteiger partial charge in [-0.15, -0.1) is 10.2 Å². The lowest BCUT2D eigenvalue weighted by atomic mass is 9.88. The van der Waals surface area contributed by atoms with Crippen LogP contribution in [0.25, 0.3) is 0 Å². The number of aromatic nitrogens is 3. The van der Waals surface area contributed by atoms with Gasteiger partial charge in [-0.25, -0.2) is 0 Å². The van der Waals surface area contributed by atoms with Gasteiger partial charge in [-0.3, -0.25) is 4.79 Å². The summed E-state index contributed by atoms with van der Waals surface area (Å²) in [5.74, 6) is 3.86. The molecule has 1 amide bonds. The highest BCUT2D eigenvalue weighted by Crippen LogP contribution is 2.30. The Morgan fingerprint density at radius 3 is 2.46 bits per heavy atom. The average molecular weight is 360 g/mol. The highest BCUT2D eigenvalue weighted by atomic mass is 16.2. The Kier molecular flexibility index (Phi) is 5.57. The molecule has 1 aliphatic carbocycles. The normalized spacial score (nSPS) is 23.7. The van der Waals surface area contributed by atoms with Gasteiger partial charge >= 0.3 is 0 Å². The minimum Gasteiger partial charge on any atom is -0.341 e. The van der Waals surface area contributed by atoms with Gasteiger partial charge in [-0.1, -0.05) is 19.3 Å². The van der Waals surface area contributed by atoms with E-state index in [9.17, 15) is 4.79 Å². The van der Waals surface area contributed by atoms with E-state index in [-0.39, 0.29) is 5.91 Å². The van der Waals surface area contributed by atoms with Crippen LogP contribution < -0.4 is 0 Å². The van der Waals surface area contributed by atoms with Gasteiger partial charge in [0.05, 0.1) is 0 Å². The maximum Gasteiger partial charge on any atom is 0.219 e. The van der Waals surface area contributed by atoms with Gasteiger partial charge in [0, 0.05) is 45.4 Å². The highest BCUT2D eigenvalue weighted by molar-refractivity contribution is 5.73. The van der Waals surface area contributed by atoms with Crippen molar-refractivity contribution in [3.05, 3.63) is 11.6 Å². The lowest BCUT2D eigenvalue weighted by Crippen LogP contribution is -2.37. The number of carbonyl (C=O) groups excluding carboxylic acids is 1. The number of hydrogen-bond acceptors (Lipinski definition) is 4. The molecule has 26 heavy (non-hydrogen) atoms. The second-order valence-corrected chi connectivity index (χ2v) is 8.46. The van der Waals surface area contributed by atoms with Crippen molar-refractivity contribution in [2.24, 2.45) is 5.92 Å². The number of likely N-dealkylation sites (tertiary alicyclic amines) is 1. The quantitative estimate of drug-likeness (QED) is 0.832. The van der Waals surface area contributed by atoms with E-state index in [1.54, 1.807) is 6.92 Å². The fourth-order valence-electron chi connectivity index (χ4n) is 5.07. The third-order valence-electron chi connectivity index (χ3n) is 6.69. The zero-order valence-corrected chi connectivity index (χ0v) is 16.2. The Labute approximate surface area is 156 Å². The molecule has 1 saturated heterocycles. The van der Waals surface area contributed by atoms with Crippen LogP contribution in [0, 0.1) is 5.92 Å². The number of rotatable bonds is 3. The number of carbonyl (C=O) groups is 1. The number of piperidine rings is 1. The van der Waals surface area contributed by atoms with Crippen molar-refractivity contribution in [1.29, 1.82) is 0 Å². The molecule has 0 aromatic carbocycles. The van der Waals surface area contributed by atoms with E-state index in [1.165, 1.54) is 70.4 Å². The summed E-state index contributed by atoms with van der Waals surface area (Å²) in [5, 5.41) is 9.02. The van der Waals surface area contributed by atoms with Gasteiger partial charge in [-0.05, 0) is 44.7 Å². The SMILES string of the molecule is CC(=O)N1CCc2nnc(C3CCN(CC4CCCCC4)CC3)n2CC1. The van der Waals surface area contributed by atoms with Crippen molar-refractivity contribution in [1.82, 2.24) is 24.6 Å². The topological polar surface area (TPSA) is 54.3 Å². The molecule has 1 aromatic heterocycles. The standard InChI is InChI=1S/C20H33N5O/c1-16(26)24-12-9-19-21-22-20(25(19)14-13-24)18-7-10-23(11-8-18)15-17-5-3-2-4-6-17/h17-18H,2-15H2,1H3. The largest absolute Gasteiger partial charge is 0.341 e. The third-order valence-corrected chi connectivity index (χ3v) is 6.69. The van der Waals surface area contributed by atoms with Crippen LogP contribution in [0.1, 0.15) is 69.4 Å². The molecule has 6 nitrogen and oxygen atoms in total. The average Bonchev–Trinajstić information content (AvgIpc) is 2.94. The summed E-state index contributed by atoms with van der Waals surface area (Å²) in [6.07, 6.45) is 10.4. The van der Waals surface area contributed by atoms with Gasteiger partial charge in [0.15, 0.2) is 0 Å². The summed E-state index contributed by atoms with van der Waals surface area (Å²) >= 11 is 0. The number of amides is 1. The molecule has 4 rings (SSSR count). The summed E-state index contributed by atoms with van der Waals surface area (Å²) in [5.41, 5.74) is 0. The molecule has 144 valence electrons. The minimum atomic E-state index is 0.168. The molecule has 0 radical (unpaired) electrons. The molecular weight excluding hydrogens is 326 g/mol. The van der Waals surface area contributed by atoms with Gasteiger partial charge in [0.2, 0.25) is 5.91 Å². The molecule has 0 unspecified atom stereocenters. The van der Waals surface area contributed by atoms with Crippen LogP contribution >= 0.6 is 0 Å². The molecular formula is C20H33N5O. The molecule has 6 heteroatoms. The number of fused-ring (bicyclic) bond motifs is 1. The van der Waals surface area contributed by atoms with E-state index in [0.717, 1.165) is 37.8 Å². The van der Waals surface area contributed by atoms with Crippen LogP contribution in [-0.2, 0) is 17.8 Å². The van der Waals surface area contributed by atoms with Crippen molar-refractivity contribution < 1.29 is 4.79 Å². The predicted molar refractivity (Wildman–Crippen MR) is 101 cm³/mol. The maximum atomic E-state index is 11.7. The minimum absolute atomic E-state index is 0.168. The number of nitrogens with zero attached hydrogens (tertiary/aromatic N) is 5. The Hall–Kier alpha value is -1.43. The van der Waals surface area contributed by atoms with Crippen LogP contribution in [0.4, 0.5) is 0 Å². The summed E-state index contributed by atoms with van der Waals surface area (Å²) in [6.45, 7) is 7.76. The van der Waals surface area contributed by atoms with Crippen molar-refractivity contribution in [3.63, 3.8) is 0 Å². The number of hydrogen-bond donors (Lipinski definition) is 0. The van der Waals surface area contributed by atoms with Crippen LogP contribution in [0.3, 0.4) is 0 Å². The second kappa shape index (κ2) is 8.07. The summed E-state index contributed by atoms with van der Waals surface area (Å²) in [6, 6.07) is 0. The third kappa shape index (κ3) is 3.95. The summed E-state index contributed by atoms with van der Waals surface area (Å²) in [4.78, 5) is 16.3. The monoisotopic (exact) mass is 359 g/mol. The molecule has 1 aromatic rings. The van der Waals surface area contributed by atoms with Crippen LogP contribution in [-0.4, -0.2) is 63.2 Å². The first-order chi connectivity index (χ1) is 12.7. The molecule has 2 fully saturated rings. The molecule has 0 spiro atoms. The Morgan fingerprint density at radius 1 is 0.962 bits per heavy atom. The van der Waals surface area contributed by atoms with E-state index in [2.05, 4.69) is 19.7 Å². The van der Waals surface area contributed by atoms with E-state index in [1.807, 2.05) is 4.90 Å². The molecule has 0 atom stereocenters. The van der Waals surface area contributed by atoms with Gasteiger partial charge in [0.25, 0.3) is 0 Å². The van der Waals surface area contributed by atoms with Crippen molar-refractivity contribution in [3.8, 4) is 0 Å². The van der Waals surface area contributed by atoms with E-state index in [0.29, 0.717) is 5.92 Å². The van der Waals surface area contributed by atoms with Crippen molar-refractivity contribution in [2.75, 3.05) is 32.7 Å². The fourth-order valence-corrected chi connectivity index (χ4v) is 5.07. The predicted octanol–water partition coefficient (Wildman–Crippen LogP) is 2.44. The zero-order chi connectivity index (χ0) is 17.9. The maximum absolute atomic E-state index is 11.7. The highest BCUT2D eigenvalue weighted by Gasteiger charge is 2.28. The van der Waals surface area contributed by atoms with Gasteiger partial charge in [-0.2, -0.15) is 0 Å². The molecule has 0 bridgehead atoms. The smallest absolute Gasteiger partial charge is 0.219 e. The first-order valence-electron chi connectivity index (χ1n) is 10.6. The Morgan fingerprint density at radius 2 is 1.73 bits per heavy atom. The lowest BCUT2D eigenvalue weighted by Gasteiger charge is -2.35. The van der Waals surface area contributed by atoms with Crippen molar-refractivity contribution >= 4 is 5.91 Å². The van der Waals surface area contributed by atoms with Crippen LogP contribution in [0.5, 0.6) is 0 Å². The van der Waals surface area contributed by atoms with Gasteiger partial charge in [0.1, 0.15) is 11.6 Å². The Balaban J connectivity index is 1.34. The van der Waals surface area contributed by atoms with Crippen LogP contribution in [0.2, 0.25) is 0 Å². The van der Waals surface area contributed by atoms with E-state index >= 15 is 0 Å². The first kappa shape index (κ1) is 18.0. The van der Waals surface area contributed by atoms with Crippen LogP contribution in [0.15, 0.2) is 0 Å². The van der Waals surface area contributed by atoms with E-state index in [4.69, 9.17) is 0 Å². The molecule has 1 saturated carbocycles.